The molecular weight excluding hydrogens is 226 g/mol. The molecule has 0 bridgehead atoms. The first-order valence-corrected chi connectivity index (χ1v) is 5.54. The third kappa shape index (κ3) is 2.48. The molecule has 1 aromatic rings. The van der Waals surface area contributed by atoms with Gasteiger partial charge in [0.1, 0.15) is 0 Å². The van der Waals surface area contributed by atoms with Crippen molar-refractivity contribution in [1.82, 2.24) is 0 Å². The van der Waals surface area contributed by atoms with Gasteiger partial charge in [-0.25, -0.2) is 0 Å². The first-order chi connectivity index (χ1) is 7.44. The van der Waals surface area contributed by atoms with Crippen LogP contribution in [0.4, 0.5) is 5.69 Å². The summed E-state index contributed by atoms with van der Waals surface area (Å²) >= 11 is 6.02. The highest BCUT2D eigenvalue weighted by Crippen LogP contribution is 2.30. The van der Waals surface area contributed by atoms with E-state index < -0.39 is 5.54 Å². The molecule has 0 saturated carbocycles. The highest BCUT2D eigenvalue weighted by Gasteiger charge is 2.24. The summed E-state index contributed by atoms with van der Waals surface area (Å²) in [7, 11) is 1.88. The number of anilines is 1. The van der Waals surface area contributed by atoms with Crippen LogP contribution in [0.2, 0.25) is 5.02 Å². The monoisotopic (exact) mass is 243 g/mol. The maximum absolute atomic E-state index is 9.32. The Hall–Kier alpha value is -0.770. The third-order valence-corrected chi connectivity index (χ3v) is 3.26. The highest BCUT2D eigenvalue weighted by atomic mass is 35.5. The maximum Gasteiger partial charge on any atom is 0.0716 e. The molecule has 0 unspecified atom stereocenters. The first kappa shape index (κ1) is 13.3. The summed E-state index contributed by atoms with van der Waals surface area (Å²) in [5.41, 5.74) is 1.14. The van der Waals surface area contributed by atoms with Crippen molar-refractivity contribution in [3.8, 4) is 0 Å². The lowest BCUT2D eigenvalue weighted by molar-refractivity contribution is 0.215. The van der Waals surface area contributed by atoms with E-state index in [2.05, 4.69) is 0 Å². The van der Waals surface area contributed by atoms with E-state index in [4.69, 9.17) is 11.6 Å². The Morgan fingerprint density at radius 2 is 1.94 bits per heavy atom. The van der Waals surface area contributed by atoms with Gasteiger partial charge in [-0.1, -0.05) is 17.7 Å². The van der Waals surface area contributed by atoms with Crippen LogP contribution in [0.25, 0.3) is 0 Å². The van der Waals surface area contributed by atoms with Crippen LogP contribution >= 0.6 is 11.6 Å². The summed E-state index contributed by atoms with van der Waals surface area (Å²) in [6, 6.07) is 5.46. The number of hydrogen-bond donors (Lipinski definition) is 2. The van der Waals surface area contributed by atoms with Gasteiger partial charge in [-0.2, -0.15) is 0 Å². The average Bonchev–Trinajstić information content (AvgIpc) is 2.27. The largest absolute Gasteiger partial charge is 0.394 e. The molecule has 4 heteroatoms. The topological polar surface area (TPSA) is 43.7 Å². The van der Waals surface area contributed by atoms with Crippen LogP contribution in [0.3, 0.4) is 0 Å². The fourth-order valence-corrected chi connectivity index (χ4v) is 1.68. The zero-order valence-corrected chi connectivity index (χ0v) is 10.6. The van der Waals surface area contributed by atoms with Gasteiger partial charge in [0, 0.05) is 23.3 Å². The Labute approximate surface area is 101 Å². The third-order valence-electron chi connectivity index (χ3n) is 2.91. The van der Waals surface area contributed by atoms with E-state index in [0.717, 1.165) is 5.69 Å². The summed E-state index contributed by atoms with van der Waals surface area (Å²) in [5, 5.41) is 19.2. The highest BCUT2D eigenvalue weighted by molar-refractivity contribution is 6.31. The number of halogens is 1. The van der Waals surface area contributed by atoms with Gasteiger partial charge >= 0.3 is 0 Å². The molecule has 3 nitrogen and oxygen atoms in total. The molecule has 0 aliphatic carbocycles. The molecule has 0 saturated heterocycles. The summed E-state index contributed by atoms with van der Waals surface area (Å²) in [6.07, 6.45) is 0. The van der Waals surface area contributed by atoms with Crippen LogP contribution < -0.4 is 4.90 Å². The zero-order chi connectivity index (χ0) is 12.3. The van der Waals surface area contributed by atoms with Gasteiger partial charge in [-0.05, 0) is 26.0 Å². The van der Waals surface area contributed by atoms with Gasteiger partial charge in [0.25, 0.3) is 0 Å². The first-order valence-electron chi connectivity index (χ1n) is 5.17. The average molecular weight is 244 g/mol. The summed E-state index contributed by atoms with van der Waals surface area (Å²) in [4.78, 5) is 1.92. The van der Waals surface area contributed by atoms with E-state index in [1.165, 1.54) is 0 Å². The van der Waals surface area contributed by atoms with Crippen molar-refractivity contribution >= 4 is 17.3 Å². The fraction of sp³-hybridized carbons (Fsp3) is 0.500. The lowest BCUT2D eigenvalue weighted by Crippen LogP contribution is -2.44. The molecule has 0 aliphatic rings. The van der Waals surface area contributed by atoms with Gasteiger partial charge < -0.3 is 15.1 Å². The molecule has 1 aromatic carbocycles. The second kappa shape index (κ2) is 5.04. The van der Waals surface area contributed by atoms with E-state index in [-0.39, 0.29) is 13.2 Å². The van der Waals surface area contributed by atoms with Gasteiger partial charge in [0.05, 0.1) is 18.8 Å². The lowest BCUT2D eigenvalue weighted by atomic mass is 10.0. The Balaban J connectivity index is 3.18. The van der Waals surface area contributed by atoms with E-state index >= 15 is 0 Å². The van der Waals surface area contributed by atoms with Gasteiger partial charge in [0.15, 0.2) is 0 Å². The number of likely N-dealkylation sites (N-methyl/N-ethyl adjacent to an activating group) is 1. The number of aliphatic hydroxyl groups excluding tert-OH is 2. The standard InChI is InChI=1S/C12H18ClNO2/c1-12(2,8-16)14(3)11-6-4-5-10(13)9(11)7-15/h4-6,15-16H,7-8H2,1-3H3. The number of aliphatic hydroxyl groups is 2. The second-order valence-electron chi connectivity index (χ2n) is 4.43. The Kier molecular flexibility index (Phi) is 4.19. The van der Waals surface area contributed by atoms with Gasteiger partial charge in [0.2, 0.25) is 0 Å². The molecule has 0 amide bonds. The second-order valence-corrected chi connectivity index (χ2v) is 4.83. The molecule has 0 radical (unpaired) electrons. The predicted molar refractivity (Wildman–Crippen MR) is 66.9 cm³/mol. The van der Waals surface area contributed by atoms with Gasteiger partial charge in [-0.3, -0.25) is 0 Å². The van der Waals surface area contributed by atoms with Crippen molar-refractivity contribution in [3.63, 3.8) is 0 Å². The number of hydrogen-bond acceptors (Lipinski definition) is 3. The molecular formula is C12H18ClNO2. The molecule has 16 heavy (non-hydrogen) atoms. The summed E-state index contributed by atoms with van der Waals surface area (Å²) < 4.78 is 0. The van der Waals surface area contributed by atoms with Crippen molar-refractivity contribution in [2.75, 3.05) is 18.6 Å². The summed E-state index contributed by atoms with van der Waals surface area (Å²) in [5.74, 6) is 0. The molecule has 0 heterocycles. The predicted octanol–water partition coefficient (Wildman–Crippen LogP) is 2.04. The molecule has 90 valence electrons. The Morgan fingerprint density at radius 1 is 1.31 bits per heavy atom. The van der Waals surface area contributed by atoms with Crippen molar-refractivity contribution in [2.24, 2.45) is 0 Å². The van der Waals surface area contributed by atoms with Crippen LogP contribution in [0.15, 0.2) is 18.2 Å². The van der Waals surface area contributed by atoms with Crippen molar-refractivity contribution in [1.29, 1.82) is 0 Å². The molecule has 0 atom stereocenters. The van der Waals surface area contributed by atoms with E-state index in [9.17, 15) is 10.2 Å². The van der Waals surface area contributed by atoms with E-state index in [1.54, 1.807) is 6.07 Å². The number of rotatable bonds is 4. The quantitative estimate of drug-likeness (QED) is 0.851. The van der Waals surface area contributed by atoms with Crippen LogP contribution in [0, 0.1) is 0 Å². The normalized spacial score (nSPS) is 11.6. The minimum atomic E-state index is -0.394. The fourth-order valence-electron chi connectivity index (χ4n) is 1.45. The smallest absolute Gasteiger partial charge is 0.0716 e. The molecule has 2 N–H and O–H groups in total. The number of benzene rings is 1. The molecule has 0 aliphatic heterocycles. The van der Waals surface area contributed by atoms with Crippen molar-refractivity contribution < 1.29 is 10.2 Å². The van der Waals surface area contributed by atoms with Gasteiger partial charge in [-0.15, -0.1) is 0 Å². The Bertz CT molecular complexity index is 366. The van der Waals surface area contributed by atoms with Crippen LogP contribution in [0.1, 0.15) is 19.4 Å². The minimum absolute atomic E-state index is 0.0287. The SMILES string of the molecule is CN(c1cccc(Cl)c1CO)C(C)(C)CO. The van der Waals surface area contributed by atoms with Crippen LogP contribution in [0.5, 0.6) is 0 Å². The van der Waals surface area contributed by atoms with E-state index in [1.807, 2.05) is 37.9 Å². The minimum Gasteiger partial charge on any atom is -0.394 e. The zero-order valence-electron chi connectivity index (χ0n) is 9.87. The van der Waals surface area contributed by atoms with E-state index in [0.29, 0.717) is 10.6 Å². The summed E-state index contributed by atoms with van der Waals surface area (Å²) in [6.45, 7) is 3.77. The molecule has 1 rings (SSSR count). The lowest BCUT2D eigenvalue weighted by Gasteiger charge is -2.37. The van der Waals surface area contributed by atoms with Crippen LogP contribution in [-0.4, -0.2) is 29.4 Å². The Morgan fingerprint density at radius 3 is 2.44 bits per heavy atom. The van der Waals surface area contributed by atoms with Crippen molar-refractivity contribution in [2.45, 2.75) is 26.0 Å². The van der Waals surface area contributed by atoms with Crippen LogP contribution in [-0.2, 0) is 6.61 Å². The number of nitrogens with zero attached hydrogens (tertiary/aromatic N) is 1. The molecule has 0 fully saturated rings. The molecule has 0 aromatic heterocycles. The van der Waals surface area contributed by atoms with Crippen molar-refractivity contribution in [3.05, 3.63) is 28.8 Å². The maximum atomic E-state index is 9.32. The molecule has 0 spiro atoms.